The van der Waals surface area contributed by atoms with Crippen molar-refractivity contribution in [3.63, 3.8) is 0 Å². The molecular formula is C12H17N. The third kappa shape index (κ3) is 3.24. The largest absolute Gasteiger partial charge is 0.308 e. The third-order valence-electron chi connectivity index (χ3n) is 1.66. The molecule has 0 heterocycles. The molecule has 0 atom stereocenters. The standard InChI is InChI=1S/C10H11N.C2H6/c1-8-5-3-4-6-10(8)9(2)7-11;1-2/h3-7,11H,1H2,2H3;1-2H3/b10-9-,11-7?;. The van der Waals surface area contributed by atoms with Gasteiger partial charge in [-0.25, -0.2) is 0 Å². The van der Waals surface area contributed by atoms with Gasteiger partial charge in [0.1, 0.15) is 0 Å². The summed E-state index contributed by atoms with van der Waals surface area (Å²) in [7, 11) is 0. The van der Waals surface area contributed by atoms with Gasteiger partial charge in [-0.3, -0.25) is 0 Å². The van der Waals surface area contributed by atoms with Crippen LogP contribution in [-0.4, -0.2) is 6.21 Å². The van der Waals surface area contributed by atoms with Crippen molar-refractivity contribution in [2.45, 2.75) is 20.8 Å². The number of benzene rings is 1. The molecule has 0 fully saturated rings. The molecule has 0 saturated heterocycles. The molecule has 0 aromatic heterocycles. The predicted octanol–water partition coefficient (Wildman–Crippen LogP) is 1.94. The lowest BCUT2D eigenvalue weighted by atomic mass is 10.2. The lowest BCUT2D eigenvalue weighted by Gasteiger charge is -1.90. The van der Waals surface area contributed by atoms with Gasteiger partial charge < -0.3 is 5.41 Å². The molecule has 1 aromatic carbocycles. The van der Waals surface area contributed by atoms with E-state index in [1.165, 1.54) is 6.21 Å². The van der Waals surface area contributed by atoms with Crippen molar-refractivity contribution in [2.75, 3.05) is 0 Å². The molecule has 1 rings (SSSR count). The van der Waals surface area contributed by atoms with Crippen LogP contribution in [0.2, 0.25) is 0 Å². The van der Waals surface area contributed by atoms with Gasteiger partial charge in [0.2, 0.25) is 0 Å². The van der Waals surface area contributed by atoms with Gasteiger partial charge in [-0.05, 0) is 22.9 Å². The molecule has 13 heavy (non-hydrogen) atoms. The summed E-state index contributed by atoms with van der Waals surface area (Å²) < 4.78 is 0. The second kappa shape index (κ2) is 6.18. The molecule has 0 bridgehead atoms. The van der Waals surface area contributed by atoms with E-state index in [1.807, 2.05) is 45.0 Å². The Hall–Kier alpha value is -1.37. The van der Waals surface area contributed by atoms with Crippen LogP contribution in [-0.2, 0) is 0 Å². The zero-order chi connectivity index (χ0) is 10.3. The fraction of sp³-hybridized carbons (Fsp3) is 0.250. The van der Waals surface area contributed by atoms with Crippen LogP contribution in [0.4, 0.5) is 0 Å². The number of nitrogens with one attached hydrogen (secondary N) is 1. The zero-order valence-electron chi connectivity index (χ0n) is 8.59. The Morgan fingerprint density at radius 1 is 1.31 bits per heavy atom. The fourth-order valence-electron chi connectivity index (χ4n) is 0.983. The summed E-state index contributed by atoms with van der Waals surface area (Å²) in [4.78, 5) is 0. The van der Waals surface area contributed by atoms with Crippen LogP contribution in [0.25, 0.3) is 12.2 Å². The topological polar surface area (TPSA) is 23.9 Å². The minimum atomic E-state index is 0.954. The van der Waals surface area contributed by atoms with Crippen molar-refractivity contribution in [3.8, 4) is 0 Å². The van der Waals surface area contributed by atoms with Crippen molar-refractivity contribution in [1.82, 2.24) is 0 Å². The summed E-state index contributed by atoms with van der Waals surface area (Å²) in [6, 6.07) is 7.82. The highest BCUT2D eigenvalue weighted by atomic mass is 14.3. The average Bonchev–Trinajstić information content (AvgIpc) is 2.20. The molecule has 0 spiro atoms. The minimum Gasteiger partial charge on any atom is -0.308 e. The summed E-state index contributed by atoms with van der Waals surface area (Å²) in [6.45, 7) is 9.78. The maximum Gasteiger partial charge on any atom is 0.0213 e. The van der Waals surface area contributed by atoms with Crippen LogP contribution < -0.4 is 10.4 Å². The van der Waals surface area contributed by atoms with Gasteiger partial charge in [0.05, 0.1) is 0 Å². The van der Waals surface area contributed by atoms with E-state index in [-0.39, 0.29) is 0 Å². The van der Waals surface area contributed by atoms with Crippen LogP contribution in [0.5, 0.6) is 0 Å². The maximum atomic E-state index is 7.05. The number of hydrogen-bond donors (Lipinski definition) is 1. The van der Waals surface area contributed by atoms with Gasteiger partial charge in [-0.15, -0.1) is 0 Å². The summed E-state index contributed by atoms with van der Waals surface area (Å²) >= 11 is 0. The molecule has 1 N–H and O–H groups in total. The molecule has 1 aromatic rings. The van der Waals surface area contributed by atoms with Gasteiger partial charge in [0.25, 0.3) is 0 Å². The van der Waals surface area contributed by atoms with Crippen LogP contribution in [0.15, 0.2) is 24.3 Å². The smallest absolute Gasteiger partial charge is 0.0213 e. The zero-order valence-corrected chi connectivity index (χ0v) is 8.59. The normalized spacial score (nSPS) is 11.0. The van der Waals surface area contributed by atoms with E-state index in [1.54, 1.807) is 0 Å². The first-order valence-corrected chi connectivity index (χ1v) is 4.51. The molecule has 0 aliphatic heterocycles. The van der Waals surface area contributed by atoms with Crippen molar-refractivity contribution in [2.24, 2.45) is 0 Å². The average molecular weight is 175 g/mol. The van der Waals surface area contributed by atoms with E-state index in [4.69, 9.17) is 5.41 Å². The molecule has 0 amide bonds. The van der Waals surface area contributed by atoms with Gasteiger partial charge in [0.15, 0.2) is 0 Å². The van der Waals surface area contributed by atoms with Gasteiger partial charge in [0, 0.05) is 6.21 Å². The summed E-state index contributed by atoms with van der Waals surface area (Å²) in [5.74, 6) is 0. The van der Waals surface area contributed by atoms with E-state index in [9.17, 15) is 0 Å². The molecule has 0 saturated carbocycles. The van der Waals surface area contributed by atoms with Gasteiger partial charge in [-0.1, -0.05) is 44.7 Å². The van der Waals surface area contributed by atoms with Crippen molar-refractivity contribution < 1.29 is 0 Å². The second-order valence-electron chi connectivity index (χ2n) is 2.48. The first kappa shape index (κ1) is 11.6. The summed E-state index contributed by atoms with van der Waals surface area (Å²) in [5.41, 5.74) is 0.954. The Morgan fingerprint density at radius 2 is 1.85 bits per heavy atom. The second-order valence-corrected chi connectivity index (χ2v) is 2.48. The number of hydrogen-bond acceptors (Lipinski definition) is 1. The molecule has 0 unspecified atom stereocenters. The first-order valence-electron chi connectivity index (χ1n) is 4.51. The minimum absolute atomic E-state index is 0.954. The van der Waals surface area contributed by atoms with Crippen LogP contribution in [0.1, 0.15) is 20.8 Å². The molecule has 70 valence electrons. The Kier molecular flexibility index (Phi) is 5.53. The van der Waals surface area contributed by atoms with Crippen LogP contribution in [0.3, 0.4) is 0 Å². The highest BCUT2D eigenvalue weighted by Gasteiger charge is 1.84. The Labute approximate surface area is 79.9 Å². The number of rotatable bonds is 1. The van der Waals surface area contributed by atoms with Gasteiger partial charge in [-0.2, -0.15) is 0 Å². The predicted molar refractivity (Wildman–Crippen MR) is 60.4 cm³/mol. The highest BCUT2D eigenvalue weighted by molar-refractivity contribution is 5.98. The van der Waals surface area contributed by atoms with Crippen molar-refractivity contribution in [3.05, 3.63) is 34.7 Å². The SMILES string of the molecule is C=c1cccc/c1=C(\C)C=N.CC. The molecule has 0 aliphatic carbocycles. The molecular weight excluding hydrogens is 158 g/mol. The first-order chi connectivity index (χ1) is 6.25. The Balaban J connectivity index is 0.000000671. The lowest BCUT2D eigenvalue weighted by molar-refractivity contribution is 1.48. The summed E-state index contributed by atoms with van der Waals surface area (Å²) in [5, 5.41) is 9.09. The third-order valence-corrected chi connectivity index (χ3v) is 1.66. The van der Waals surface area contributed by atoms with Crippen molar-refractivity contribution >= 4 is 18.4 Å². The Morgan fingerprint density at radius 3 is 2.31 bits per heavy atom. The fourth-order valence-corrected chi connectivity index (χ4v) is 0.983. The molecule has 0 radical (unpaired) electrons. The quantitative estimate of drug-likeness (QED) is 0.631. The Bertz CT molecular complexity index is 363. The van der Waals surface area contributed by atoms with E-state index in [2.05, 4.69) is 6.58 Å². The van der Waals surface area contributed by atoms with Crippen molar-refractivity contribution in [1.29, 1.82) is 5.41 Å². The molecule has 0 aliphatic rings. The monoisotopic (exact) mass is 175 g/mol. The lowest BCUT2D eigenvalue weighted by Crippen LogP contribution is -2.24. The van der Waals surface area contributed by atoms with E-state index in [0.29, 0.717) is 0 Å². The van der Waals surface area contributed by atoms with Crippen LogP contribution in [0, 0.1) is 5.41 Å². The maximum absolute atomic E-state index is 7.05. The van der Waals surface area contributed by atoms with E-state index in [0.717, 1.165) is 16.0 Å². The van der Waals surface area contributed by atoms with Crippen LogP contribution >= 0.6 is 0 Å². The molecule has 1 nitrogen and oxygen atoms in total. The van der Waals surface area contributed by atoms with E-state index < -0.39 is 0 Å². The van der Waals surface area contributed by atoms with E-state index >= 15 is 0 Å². The summed E-state index contributed by atoms with van der Waals surface area (Å²) in [6.07, 6.45) is 1.35. The van der Waals surface area contributed by atoms with Gasteiger partial charge >= 0.3 is 0 Å². The highest BCUT2D eigenvalue weighted by Crippen LogP contribution is 1.80. The molecule has 1 heteroatoms.